The van der Waals surface area contributed by atoms with Gasteiger partial charge in [-0.2, -0.15) is 0 Å². The highest BCUT2D eigenvalue weighted by Crippen LogP contribution is 2.26. The Morgan fingerprint density at radius 3 is 2.44 bits per heavy atom. The van der Waals surface area contributed by atoms with Crippen LogP contribution in [0.2, 0.25) is 5.02 Å². The number of anilines is 1. The quantitative estimate of drug-likeness (QED) is 0.619. The topological polar surface area (TPSA) is 66.7 Å². The predicted molar refractivity (Wildman–Crippen MR) is 92.6 cm³/mol. The van der Waals surface area contributed by atoms with E-state index in [1.165, 1.54) is 29.2 Å². The number of hydrogen-bond acceptors (Lipinski definition) is 4. The average Bonchev–Trinajstić information content (AvgIpc) is 2.61. The summed E-state index contributed by atoms with van der Waals surface area (Å²) in [4.78, 5) is 26.6. The highest BCUT2D eigenvalue weighted by Gasteiger charge is 2.28. The van der Waals surface area contributed by atoms with Gasteiger partial charge in [0.05, 0.1) is 10.6 Å². The van der Waals surface area contributed by atoms with Crippen LogP contribution >= 0.6 is 11.6 Å². The monoisotopic (exact) mass is 363 g/mol. The molecule has 1 aliphatic rings. The van der Waals surface area contributed by atoms with Gasteiger partial charge in [-0.3, -0.25) is 14.9 Å². The summed E-state index contributed by atoms with van der Waals surface area (Å²) < 4.78 is 13.9. The summed E-state index contributed by atoms with van der Waals surface area (Å²) in [5.41, 5.74) is 0.186. The largest absolute Gasteiger partial charge is 0.366 e. The number of nitro benzene ring substituents is 1. The van der Waals surface area contributed by atoms with E-state index in [0.717, 1.165) is 0 Å². The van der Waals surface area contributed by atoms with Crippen molar-refractivity contribution in [1.29, 1.82) is 0 Å². The molecule has 25 heavy (non-hydrogen) atoms. The number of carbonyl (C=O) groups is 1. The summed E-state index contributed by atoms with van der Waals surface area (Å²) in [7, 11) is 0. The van der Waals surface area contributed by atoms with Crippen molar-refractivity contribution in [3.63, 3.8) is 0 Å². The lowest BCUT2D eigenvalue weighted by Crippen LogP contribution is -2.49. The molecule has 1 fully saturated rings. The molecule has 0 bridgehead atoms. The fraction of sp³-hybridized carbons (Fsp3) is 0.235. The van der Waals surface area contributed by atoms with Gasteiger partial charge in [-0.1, -0.05) is 23.7 Å². The Labute approximate surface area is 148 Å². The molecule has 1 amide bonds. The molecule has 1 saturated heterocycles. The number of nitrogens with zero attached hydrogens (tertiary/aromatic N) is 3. The third-order valence-electron chi connectivity index (χ3n) is 4.15. The molecule has 130 valence electrons. The smallest absolute Gasteiger partial charge is 0.282 e. The lowest BCUT2D eigenvalue weighted by molar-refractivity contribution is -0.385. The molecule has 8 heteroatoms. The second-order valence-corrected chi connectivity index (χ2v) is 6.09. The van der Waals surface area contributed by atoms with E-state index in [-0.39, 0.29) is 22.1 Å². The van der Waals surface area contributed by atoms with Gasteiger partial charge >= 0.3 is 0 Å². The summed E-state index contributed by atoms with van der Waals surface area (Å²) in [5, 5.41) is 11.4. The van der Waals surface area contributed by atoms with E-state index in [0.29, 0.717) is 31.9 Å². The SMILES string of the molecule is O=C(c1cc(Cl)ccc1[N+](=O)[O-])N1CCN(c2ccccc2F)CC1. The first-order valence-electron chi connectivity index (χ1n) is 7.70. The maximum absolute atomic E-state index is 13.9. The van der Waals surface area contributed by atoms with Gasteiger partial charge in [0.2, 0.25) is 0 Å². The van der Waals surface area contributed by atoms with Crippen molar-refractivity contribution in [2.75, 3.05) is 31.1 Å². The third kappa shape index (κ3) is 3.56. The van der Waals surface area contributed by atoms with E-state index < -0.39 is 10.8 Å². The van der Waals surface area contributed by atoms with Crippen LogP contribution in [0.4, 0.5) is 15.8 Å². The molecule has 1 heterocycles. The van der Waals surface area contributed by atoms with Crippen molar-refractivity contribution in [3.8, 4) is 0 Å². The van der Waals surface area contributed by atoms with Crippen molar-refractivity contribution in [2.24, 2.45) is 0 Å². The van der Waals surface area contributed by atoms with Crippen LogP contribution in [0.1, 0.15) is 10.4 Å². The van der Waals surface area contributed by atoms with E-state index in [1.54, 1.807) is 18.2 Å². The third-order valence-corrected chi connectivity index (χ3v) is 4.38. The molecular weight excluding hydrogens is 349 g/mol. The minimum Gasteiger partial charge on any atom is -0.366 e. The van der Waals surface area contributed by atoms with Crippen molar-refractivity contribution in [3.05, 3.63) is 69.0 Å². The lowest BCUT2D eigenvalue weighted by Gasteiger charge is -2.36. The first kappa shape index (κ1) is 17.2. The summed E-state index contributed by atoms with van der Waals surface area (Å²) >= 11 is 5.88. The number of halogens is 2. The summed E-state index contributed by atoms with van der Waals surface area (Å²) in [5.74, 6) is -0.755. The van der Waals surface area contributed by atoms with Gasteiger partial charge in [0, 0.05) is 37.3 Å². The van der Waals surface area contributed by atoms with Crippen LogP contribution in [-0.4, -0.2) is 41.9 Å². The maximum atomic E-state index is 13.9. The summed E-state index contributed by atoms with van der Waals surface area (Å²) in [6, 6.07) is 10.4. The van der Waals surface area contributed by atoms with Crippen LogP contribution in [0.3, 0.4) is 0 Å². The Kier molecular flexibility index (Phi) is 4.85. The molecule has 2 aromatic rings. The Morgan fingerprint density at radius 2 is 1.80 bits per heavy atom. The number of para-hydroxylation sites is 1. The zero-order valence-corrected chi connectivity index (χ0v) is 13.9. The van der Waals surface area contributed by atoms with Gasteiger partial charge in [0.1, 0.15) is 11.4 Å². The van der Waals surface area contributed by atoms with Crippen molar-refractivity contribution < 1.29 is 14.1 Å². The number of amides is 1. The molecule has 0 atom stereocenters. The molecule has 0 spiro atoms. The number of hydrogen-bond donors (Lipinski definition) is 0. The molecule has 1 aliphatic heterocycles. The molecule has 0 aliphatic carbocycles. The van der Waals surface area contributed by atoms with Crippen LogP contribution in [0.15, 0.2) is 42.5 Å². The van der Waals surface area contributed by atoms with E-state index in [2.05, 4.69) is 0 Å². The van der Waals surface area contributed by atoms with Crippen molar-refractivity contribution in [1.82, 2.24) is 4.90 Å². The fourth-order valence-corrected chi connectivity index (χ4v) is 3.04. The molecule has 0 radical (unpaired) electrons. The number of piperazine rings is 1. The second-order valence-electron chi connectivity index (χ2n) is 5.65. The van der Waals surface area contributed by atoms with E-state index >= 15 is 0 Å². The molecule has 0 N–H and O–H groups in total. The highest BCUT2D eigenvalue weighted by molar-refractivity contribution is 6.31. The van der Waals surface area contributed by atoms with Gasteiger partial charge in [-0.25, -0.2) is 4.39 Å². The minimum atomic E-state index is -0.598. The average molecular weight is 364 g/mol. The number of carbonyl (C=O) groups excluding carboxylic acids is 1. The Morgan fingerprint density at radius 1 is 1.12 bits per heavy atom. The van der Waals surface area contributed by atoms with Crippen LogP contribution in [0.5, 0.6) is 0 Å². The van der Waals surface area contributed by atoms with Gasteiger partial charge in [-0.05, 0) is 24.3 Å². The van der Waals surface area contributed by atoms with Gasteiger partial charge in [0.25, 0.3) is 11.6 Å². The van der Waals surface area contributed by atoms with E-state index in [4.69, 9.17) is 11.6 Å². The van der Waals surface area contributed by atoms with E-state index in [1.807, 2.05) is 4.90 Å². The van der Waals surface area contributed by atoms with Gasteiger partial charge in [-0.15, -0.1) is 0 Å². The molecule has 0 unspecified atom stereocenters. The predicted octanol–water partition coefficient (Wildman–Crippen LogP) is 3.35. The summed E-state index contributed by atoms with van der Waals surface area (Å²) in [6.45, 7) is 1.58. The normalized spacial score (nSPS) is 14.5. The zero-order chi connectivity index (χ0) is 18.0. The van der Waals surface area contributed by atoms with Crippen molar-refractivity contribution >= 4 is 28.9 Å². The molecule has 0 saturated carbocycles. The molecule has 6 nitrogen and oxygen atoms in total. The van der Waals surface area contributed by atoms with Crippen molar-refractivity contribution in [2.45, 2.75) is 0 Å². The minimum absolute atomic E-state index is 0.0307. The molecule has 3 rings (SSSR count). The van der Waals surface area contributed by atoms with Gasteiger partial charge < -0.3 is 9.80 Å². The molecule has 2 aromatic carbocycles. The van der Waals surface area contributed by atoms with E-state index in [9.17, 15) is 19.3 Å². The fourth-order valence-electron chi connectivity index (χ4n) is 2.87. The van der Waals surface area contributed by atoms with Crippen LogP contribution in [0, 0.1) is 15.9 Å². The second kappa shape index (κ2) is 7.06. The van der Waals surface area contributed by atoms with Crippen LogP contribution < -0.4 is 4.90 Å². The zero-order valence-electron chi connectivity index (χ0n) is 13.2. The first-order chi connectivity index (χ1) is 12.0. The Balaban J connectivity index is 1.75. The first-order valence-corrected chi connectivity index (χ1v) is 8.08. The lowest BCUT2D eigenvalue weighted by atomic mass is 10.1. The molecule has 0 aromatic heterocycles. The standard InChI is InChI=1S/C17H15ClFN3O3/c18-12-5-6-15(22(24)25)13(11-12)17(23)21-9-7-20(8-10-21)16-4-2-1-3-14(16)19/h1-6,11H,7-10H2. The summed E-state index contributed by atoms with van der Waals surface area (Å²) in [6.07, 6.45) is 0. The Bertz CT molecular complexity index is 823. The van der Waals surface area contributed by atoms with Crippen LogP contribution in [0.25, 0.3) is 0 Å². The number of rotatable bonds is 3. The Hall–Kier alpha value is -2.67. The number of benzene rings is 2. The highest BCUT2D eigenvalue weighted by atomic mass is 35.5. The van der Waals surface area contributed by atoms with Crippen LogP contribution in [-0.2, 0) is 0 Å². The number of nitro groups is 1. The maximum Gasteiger partial charge on any atom is 0.282 e. The van der Waals surface area contributed by atoms with Gasteiger partial charge in [0.15, 0.2) is 0 Å². The molecular formula is C17H15ClFN3O3.